The minimum atomic E-state index is 0.154. The van der Waals surface area contributed by atoms with Crippen LogP contribution < -0.4 is 9.64 Å². The molecule has 6 heteroatoms. The highest BCUT2D eigenvalue weighted by Crippen LogP contribution is 2.40. The van der Waals surface area contributed by atoms with Gasteiger partial charge in [0.15, 0.2) is 0 Å². The number of aromatic nitrogens is 2. The summed E-state index contributed by atoms with van der Waals surface area (Å²) in [7, 11) is 1.63. The summed E-state index contributed by atoms with van der Waals surface area (Å²) in [6.07, 6.45) is 6.37. The summed E-state index contributed by atoms with van der Waals surface area (Å²) in [4.78, 5) is 25.5. The Balaban J connectivity index is 1.44. The summed E-state index contributed by atoms with van der Waals surface area (Å²) >= 11 is 0. The van der Waals surface area contributed by atoms with Gasteiger partial charge in [0.25, 0.3) is 0 Å². The molecule has 2 fully saturated rings. The molecule has 1 aromatic heterocycles. The van der Waals surface area contributed by atoms with Gasteiger partial charge in [-0.15, -0.1) is 0 Å². The number of carbonyl (C=O) groups is 1. The van der Waals surface area contributed by atoms with Gasteiger partial charge in [-0.2, -0.15) is 0 Å². The van der Waals surface area contributed by atoms with E-state index in [0.717, 1.165) is 51.3 Å². The lowest BCUT2D eigenvalue weighted by molar-refractivity contribution is -0.137. The quantitative estimate of drug-likeness (QED) is 0.798. The molecule has 2 aromatic rings. The zero-order valence-corrected chi connectivity index (χ0v) is 16.5. The van der Waals surface area contributed by atoms with Crippen LogP contribution in [0.25, 0.3) is 0 Å². The van der Waals surface area contributed by atoms with Gasteiger partial charge in [-0.1, -0.05) is 30.3 Å². The first-order chi connectivity index (χ1) is 13.7. The maximum atomic E-state index is 12.6. The number of methoxy groups -OCH3 is 1. The zero-order valence-electron chi connectivity index (χ0n) is 16.5. The lowest BCUT2D eigenvalue weighted by Gasteiger charge is -2.48. The van der Waals surface area contributed by atoms with Crippen molar-refractivity contribution in [1.29, 1.82) is 0 Å². The highest BCUT2D eigenvalue weighted by atomic mass is 16.5. The third kappa shape index (κ3) is 4.11. The number of benzene rings is 1. The molecule has 2 aliphatic heterocycles. The first kappa shape index (κ1) is 18.7. The van der Waals surface area contributed by atoms with E-state index in [1.807, 2.05) is 12.1 Å². The third-order valence-corrected chi connectivity index (χ3v) is 6.08. The van der Waals surface area contributed by atoms with E-state index in [4.69, 9.17) is 4.74 Å². The molecule has 2 saturated heterocycles. The van der Waals surface area contributed by atoms with Crippen LogP contribution in [0.15, 0.2) is 42.7 Å². The van der Waals surface area contributed by atoms with Crippen LogP contribution in [0.2, 0.25) is 0 Å². The van der Waals surface area contributed by atoms with Crippen LogP contribution in [0.5, 0.6) is 5.88 Å². The van der Waals surface area contributed by atoms with Crippen molar-refractivity contribution in [2.75, 3.05) is 38.2 Å². The molecule has 4 rings (SSSR count). The molecule has 2 aliphatic rings. The van der Waals surface area contributed by atoms with Gasteiger partial charge >= 0.3 is 0 Å². The van der Waals surface area contributed by atoms with Crippen LogP contribution >= 0.6 is 0 Å². The number of amides is 1. The molecule has 1 atom stereocenters. The van der Waals surface area contributed by atoms with E-state index in [1.54, 1.807) is 13.4 Å². The second-order valence-electron chi connectivity index (χ2n) is 7.99. The highest BCUT2D eigenvalue weighted by molar-refractivity contribution is 5.77. The molecule has 0 aliphatic carbocycles. The Morgan fingerprint density at radius 2 is 2.00 bits per heavy atom. The lowest BCUT2D eigenvalue weighted by Crippen LogP contribution is -2.54. The summed E-state index contributed by atoms with van der Waals surface area (Å²) < 4.78 is 5.26. The van der Waals surface area contributed by atoms with E-state index in [2.05, 4.69) is 44.0 Å². The number of anilines is 1. The molecule has 28 heavy (non-hydrogen) atoms. The van der Waals surface area contributed by atoms with E-state index in [-0.39, 0.29) is 5.41 Å². The van der Waals surface area contributed by atoms with Gasteiger partial charge in [0.1, 0.15) is 12.1 Å². The van der Waals surface area contributed by atoms with Crippen molar-refractivity contribution in [3.05, 3.63) is 48.3 Å². The van der Waals surface area contributed by atoms with Gasteiger partial charge in [-0.05, 0) is 31.2 Å². The smallest absolute Gasteiger partial charge is 0.222 e. The Kier molecular flexibility index (Phi) is 5.46. The minimum absolute atomic E-state index is 0.154. The molecule has 0 radical (unpaired) electrons. The number of piperidine rings is 2. The summed E-state index contributed by atoms with van der Waals surface area (Å²) in [6.45, 7) is 3.56. The summed E-state index contributed by atoms with van der Waals surface area (Å²) in [6, 6.07) is 12.3. The van der Waals surface area contributed by atoms with Gasteiger partial charge in [0.05, 0.1) is 7.11 Å². The fraction of sp³-hybridized carbons (Fsp3) is 0.500. The molecule has 6 nitrogen and oxygen atoms in total. The molecular weight excluding hydrogens is 352 g/mol. The highest BCUT2D eigenvalue weighted by Gasteiger charge is 2.41. The van der Waals surface area contributed by atoms with Crippen molar-refractivity contribution in [2.45, 2.75) is 32.1 Å². The number of hydrogen-bond donors (Lipinski definition) is 0. The standard InChI is InChI=1S/C22H28N4O2/c1-28-20-14-19(23-17-24-20)25-12-5-10-22(15-25)11-8-21(27)26(16-22)13-9-18-6-3-2-4-7-18/h2-4,6-7,14,17H,5,8-13,15-16H2,1H3/t22-/m1/s1. The Bertz CT molecular complexity index is 813. The predicted octanol–water partition coefficient (Wildman–Crippen LogP) is 2.94. The van der Waals surface area contributed by atoms with E-state index in [1.165, 1.54) is 12.0 Å². The second kappa shape index (κ2) is 8.17. The minimum Gasteiger partial charge on any atom is -0.481 e. The van der Waals surface area contributed by atoms with Crippen LogP contribution in [0.4, 0.5) is 5.82 Å². The molecule has 0 bridgehead atoms. The SMILES string of the molecule is COc1cc(N2CCC[C@@]3(CCC(=O)N(CCc4ccccc4)C3)C2)ncn1. The van der Waals surface area contributed by atoms with E-state index in [9.17, 15) is 4.79 Å². The van der Waals surface area contributed by atoms with E-state index in [0.29, 0.717) is 18.2 Å². The third-order valence-electron chi connectivity index (χ3n) is 6.08. The monoisotopic (exact) mass is 380 g/mol. The van der Waals surface area contributed by atoms with Crippen LogP contribution in [0, 0.1) is 5.41 Å². The first-order valence-corrected chi connectivity index (χ1v) is 10.1. The number of likely N-dealkylation sites (tertiary alicyclic amines) is 1. The van der Waals surface area contributed by atoms with Crippen molar-refractivity contribution in [1.82, 2.24) is 14.9 Å². The molecule has 1 aromatic carbocycles. The topological polar surface area (TPSA) is 58.6 Å². The summed E-state index contributed by atoms with van der Waals surface area (Å²) in [5.41, 5.74) is 1.44. The zero-order chi connectivity index (χ0) is 19.4. The van der Waals surface area contributed by atoms with Crippen LogP contribution in [-0.2, 0) is 11.2 Å². The fourth-order valence-corrected chi connectivity index (χ4v) is 4.57. The Morgan fingerprint density at radius 1 is 1.14 bits per heavy atom. The van der Waals surface area contributed by atoms with E-state index >= 15 is 0 Å². The van der Waals surface area contributed by atoms with Crippen molar-refractivity contribution in [3.63, 3.8) is 0 Å². The fourth-order valence-electron chi connectivity index (χ4n) is 4.57. The molecule has 0 unspecified atom stereocenters. The van der Waals surface area contributed by atoms with Crippen molar-refractivity contribution >= 4 is 11.7 Å². The second-order valence-corrected chi connectivity index (χ2v) is 7.99. The Hall–Kier alpha value is -2.63. The summed E-state index contributed by atoms with van der Waals surface area (Å²) in [5, 5.41) is 0. The molecule has 0 saturated carbocycles. The van der Waals surface area contributed by atoms with Crippen LogP contribution in [-0.4, -0.2) is 54.1 Å². The van der Waals surface area contributed by atoms with Gasteiger partial charge < -0.3 is 14.5 Å². The van der Waals surface area contributed by atoms with Gasteiger partial charge in [-0.3, -0.25) is 4.79 Å². The largest absolute Gasteiger partial charge is 0.481 e. The average molecular weight is 380 g/mol. The van der Waals surface area contributed by atoms with Crippen molar-refractivity contribution in [2.24, 2.45) is 5.41 Å². The molecule has 3 heterocycles. The van der Waals surface area contributed by atoms with Gasteiger partial charge in [0.2, 0.25) is 11.8 Å². The number of ether oxygens (including phenoxy) is 1. The Morgan fingerprint density at radius 3 is 2.82 bits per heavy atom. The van der Waals surface area contributed by atoms with Crippen LogP contribution in [0.1, 0.15) is 31.2 Å². The van der Waals surface area contributed by atoms with Crippen LogP contribution in [0.3, 0.4) is 0 Å². The molecular formula is C22H28N4O2. The molecule has 1 spiro atoms. The predicted molar refractivity (Wildman–Crippen MR) is 108 cm³/mol. The first-order valence-electron chi connectivity index (χ1n) is 10.1. The normalized spacial score (nSPS) is 22.5. The summed E-state index contributed by atoms with van der Waals surface area (Å²) in [5.74, 6) is 1.80. The molecule has 1 amide bonds. The van der Waals surface area contributed by atoms with Gasteiger partial charge in [-0.25, -0.2) is 9.97 Å². The Labute approximate surface area is 166 Å². The van der Waals surface area contributed by atoms with Gasteiger partial charge in [0, 0.05) is 44.1 Å². The number of carbonyl (C=O) groups excluding carboxylic acids is 1. The molecule has 148 valence electrons. The number of hydrogen-bond acceptors (Lipinski definition) is 5. The maximum Gasteiger partial charge on any atom is 0.222 e. The lowest BCUT2D eigenvalue weighted by atomic mass is 9.73. The number of nitrogens with zero attached hydrogens (tertiary/aromatic N) is 4. The maximum absolute atomic E-state index is 12.6. The molecule has 0 N–H and O–H groups in total. The van der Waals surface area contributed by atoms with E-state index < -0.39 is 0 Å². The number of rotatable bonds is 5. The van der Waals surface area contributed by atoms with Crippen molar-refractivity contribution < 1.29 is 9.53 Å². The average Bonchev–Trinajstić information content (AvgIpc) is 2.75. The van der Waals surface area contributed by atoms with Crippen molar-refractivity contribution in [3.8, 4) is 5.88 Å².